The number of carbonyl (C=O) groups excluding carboxylic acids is 4. The number of Topliss-reactive ketones (excluding diaryl/α,β-unsaturated/α-hetero) is 2. The lowest BCUT2D eigenvalue weighted by molar-refractivity contribution is -0.166. The minimum absolute atomic E-state index is 0.0848. The number of fused-ring (bicyclic) bond motifs is 2. The summed E-state index contributed by atoms with van der Waals surface area (Å²) in [6.45, 7) is 12.3. The first-order chi connectivity index (χ1) is 14.4. The van der Waals surface area contributed by atoms with Crippen LogP contribution in [0.2, 0.25) is 0 Å². The second kappa shape index (κ2) is 6.86. The van der Waals surface area contributed by atoms with E-state index in [1.165, 1.54) is 13.8 Å². The minimum atomic E-state index is -1.24. The van der Waals surface area contributed by atoms with Crippen LogP contribution < -0.4 is 0 Å². The molecule has 0 unspecified atom stereocenters. The summed E-state index contributed by atoms with van der Waals surface area (Å²) < 4.78 is 10.9. The second-order valence-corrected chi connectivity index (χ2v) is 10.0. The zero-order chi connectivity index (χ0) is 23.0. The standard InChI is InChI=1S/C24H30O7/c1-10-7-8-23(6)16(12(10)3)18(27)20(30-13(4)25)15-17(23)19(28)22(31-14(5)26)24(21(15)29)9-11(24)2/h10-11,16,18,20,22,27H,3,7-9H2,1-2,4-6H3/t10-,11-,16-,18+,20+,22+,23+,24-/m1/s1. The lowest BCUT2D eigenvalue weighted by Gasteiger charge is -2.55. The Morgan fingerprint density at radius 2 is 1.71 bits per heavy atom. The highest BCUT2D eigenvalue weighted by molar-refractivity contribution is 6.20. The number of carbonyl (C=O) groups is 4. The van der Waals surface area contributed by atoms with E-state index in [4.69, 9.17) is 9.47 Å². The van der Waals surface area contributed by atoms with Crippen LogP contribution in [0.3, 0.4) is 0 Å². The fourth-order valence-electron chi connectivity index (χ4n) is 6.40. The number of ketones is 2. The molecule has 0 aromatic carbocycles. The van der Waals surface area contributed by atoms with Gasteiger partial charge in [0.25, 0.3) is 0 Å². The molecule has 0 radical (unpaired) electrons. The van der Waals surface area contributed by atoms with Gasteiger partial charge >= 0.3 is 11.9 Å². The van der Waals surface area contributed by atoms with Gasteiger partial charge in [0.2, 0.25) is 5.78 Å². The predicted molar refractivity (Wildman–Crippen MR) is 110 cm³/mol. The third-order valence-corrected chi connectivity index (χ3v) is 8.15. The molecule has 4 aliphatic carbocycles. The van der Waals surface area contributed by atoms with Gasteiger partial charge in [-0.25, -0.2) is 0 Å². The van der Waals surface area contributed by atoms with E-state index in [9.17, 15) is 24.3 Å². The Bertz CT molecular complexity index is 946. The topological polar surface area (TPSA) is 107 Å². The van der Waals surface area contributed by atoms with E-state index in [0.29, 0.717) is 12.8 Å². The van der Waals surface area contributed by atoms with Gasteiger partial charge in [-0.15, -0.1) is 0 Å². The van der Waals surface area contributed by atoms with E-state index in [2.05, 4.69) is 6.58 Å². The number of aliphatic hydroxyl groups excluding tert-OH is 1. The summed E-state index contributed by atoms with van der Waals surface area (Å²) in [4.78, 5) is 51.5. The van der Waals surface area contributed by atoms with E-state index in [1.54, 1.807) is 0 Å². The van der Waals surface area contributed by atoms with Crippen LogP contribution in [0.25, 0.3) is 0 Å². The van der Waals surface area contributed by atoms with Crippen molar-refractivity contribution < 1.29 is 33.8 Å². The van der Waals surface area contributed by atoms with E-state index < -0.39 is 52.8 Å². The summed E-state index contributed by atoms with van der Waals surface area (Å²) in [5.74, 6) is -2.63. The highest BCUT2D eigenvalue weighted by Gasteiger charge is 2.73. The van der Waals surface area contributed by atoms with Crippen molar-refractivity contribution in [2.24, 2.45) is 28.6 Å². The Morgan fingerprint density at radius 3 is 2.23 bits per heavy atom. The first-order valence-corrected chi connectivity index (χ1v) is 10.9. The third kappa shape index (κ3) is 2.81. The number of aliphatic hydroxyl groups is 1. The first-order valence-electron chi connectivity index (χ1n) is 10.9. The molecular formula is C24H30O7. The van der Waals surface area contributed by atoms with Crippen LogP contribution in [0.5, 0.6) is 0 Å². The van der Waals surface area contributed by atoms with Gasteiger partial charge in [-0.1, -0.05) is 32.9 Å². The summed E-state index contributed by atoms with van der Waals surface area (Å²) in [5, 5.41) is 11.4. The van der Waals surface area contributed by atoms with E-state index in [0.717, 1.165) is 12.0 Å². The van der Waals surface area contributed by atoms with E-state index in [-0.39, 0.29) is 28.8 Å². The third-order valence-electron chi connectivity index (χ3n) is 8.15. The van der Waals surface area contributed by atoms with Gasteiger partial charge < -0.3 is 14.6 Å². The van der Waals surface area contributed by atoms with Gasteiger partial charge in [0.15, 0.2) is 18.0 Å². The quantitative estimate of drug-likeness (QED) is 0.529. The molecule has 2 saturated carbocycles. The summed E-state index contributed by atoms with van der Waals surface area (Å²) >= 11 is 0. The highest BCUT2D eigenvalue weighted by Crippen LogP contribution is 2.65. The van der Waals surface area contributed by atoms with Gasteiger partial charge in [0.1, 0.15) is 6.10 Å². The second-order valence-electron chi connectivity index (χ2n) is 10.0. The maximum atomic E-state index is 13.9. The molecule has 31 heavy (non-hydrogen) atoms. The molecular weight excluding hydrogens is 400 g/mol. The molecule has 0 amide bonds. The molecule has 7 nitrogen and oxygen atoms in total. The zero-order valence-corrected chi connectivity index (χ0v) is 18.7. The normalized spacial score (nSPS) is 44.0. The first kappa shape index (κ1) is 21.9. The molecule has 0 aliphatic heterocycles. The molecule has 0 aromatic heterocycles. The monoisotopic (exact) mass is 430 g/mol. The highest BCUT2D eigenvalue weighted by atomic mass is 16.6. The van der Waals surface area contributed by atoms with Crippen molar-refractivity contribution in [2.75, 3.05) is 0 Å². The van der Waals surface area contributed by atoms with Crippen LogP contribution in [0.15, 0.2) is 23.3 Å². The van der Waals surface area contributed by atoms with Crippen molar-refractivity contribution in [3.8, 4) is 0 Å². The molecule has 2 fully saturated rings. The molecule has 0 saturated heterocycles. The van der Waals surface area contributed by atoms with Crippen molar-refractivity contribution in [1.82, 2.24) is 0 Å². The molecule has 1 spiro atoms. The summed E-state index contributed by atoms with van der Waals surface area (Å²) in [6, 6.07) is 0. The number of esters is 2. The number of ether oxygens (including phenoxy) is 2. The fraction of sp³-hybridized carbons (Fsp3) is 0.667. The van der Waals surface area contributed by atoms with Crippen LogP contribution in [-0.4, -0.2) is 46.9 Å². The number of hydrogen-bond acceptors (Lipinski definition) is 7. The maximum Gasteiger partial charge on any atom is 0.303 e. The lowest BCUT2D eigenvalue weighted by Crippen LogP contribution is -2.61. The molecule has 168 valence electrons. The SMILES string of the molecule is C=C1[C@H](C)CC[C@]2(C)C3=C(C(=O)[C@]4(C[C@H]4C)[C@@H](OC(C)=O)C3=O)[C@H](OC(C)=O)[C@@H](O)[C@@H]12. The Hall–Kier alpha value is -2.28. The van der Waals surface area contributed by atoms with Gasteiger partial charge in [-0.05, 0) is 31.1 Å². The zero-order valence-electron chi connectivity index (χ0n) is 18.7. The minimum Gasteiger partial charge on any atom is -0.455 e. The molecule has 0 bridgehead atoms. The van der Waals surface area contributed by atoms with Crippen molar-refractivity contribution in [3.63, 3.8) is 0 Å². The molecule has 0 aromatic rings. The smallest absolute Gasteiger partial charge is 0.303 e. The molecule has 0 heterocycles. The Kier molecular flexibility index (Phi) is 4.85. The predicted octanol–water partition coefficient (Wildman–Crippen LogP) is 2.31. The molecule has 4 aliphatic rings. The van der Waals surface area contributed by atoms with Gasteiger partial charge in [-0.2, -0.15) is 0 Å². The Balaban J connectivity index is 1.97. The van der Waals surface area contributed by atoms with Crippen molar-refractivity contribution in [3.05, 3.63) is 23.3 Å². The Morgan fingerprint density at radius 1 is 1.13 bits per heavy atom. The van der Waals surface area contributed by atoms with Crippen LogP contribution in [0.1, 0.15) is 53.9 Å². The van der Waals surface area contributed by atoms with Gasteiger partial charge in [-0.3, -0.25) is 19.2 Å². The average molecular weight is 430 g/mol. The maximum absolute atomic E-state index is 13.9. The van der Waals surface area contributed by atoms with Crippen LogP contribution in [0.4, 0.5) is 0 Å². The van der Waals surface area contributed by atoms with Crippen molar-refractivity contribution >= 4 is 23.5 Å². The molecule has 4 rings (SSSR count). The Labute approximate surface area is 181 Å². The van der Waals surface area contributed by atoms with E-state index >= 15 is 0 Å². The largest absolute Gasteiger partial charge is 0.455 e. The molecule has 8 atom stereocenters. The fourth-order valence-corrected chi connectivity index (χ4v) is 6.40. The van der Waals surface area contributed by atoms with Gasteiger partial charge in [0, 0.05) is 36.3 Å². The van der Waals surface area contributed by atoms with Crippen LogP contribution >= 0.6 is 0 Å². The van der Waals surface area contributed by atoms with Crippen LogP contribution in [-0.2, 0) is 28.7 Å². The molecule has 1 N–H and O–H groups in total. The van der Waals surface area contributed by atoms with Crippen molar-refractivity contribution in [2.45, 2.75) is 72.2 Å². The lowest BCUT2D eigenvalue weighted by atomic mass is 9.50. The number of rotatable bonds is 2. The van der Waals surface area contributed by atoms with Gasteiger partial charge in [0.05, 0.1) is 5.41 Å². The summed E-state index contributed by atoms with van der Waals surface area (Å²) in [5.41, 5.74) is -0.916. The summed E-state index contributed by atoms with van der Waals surface area (Å²) in [6.07, 6.45) is -1.91. The summed E-state index contributed by atoms with van der Waals surface area (Å²) in [7, 11) is 0. The number of hydrogen-bond donors (Lipinski definition) is 1. The average Bonchev–Trinajstić information content (AvgIpc) is 3.34. The van der Waals surface area contributed by atoms with Crippen molar-refractivity contribution in [1.29, 1.82) is 0 Å². The van der Waals surface area contributed by atoms with E-state index in [1.807, 2.05) is 20.8 Å². The van der Waals surface area contributed by atoms with Crippen LogP contribution in [0, 0.1) is 28.6 Å². The molecule has 7 heteroatoms.